The lowest BCUT2D eigenvalue weighted by atomic mass is 9.48. The quantitative estimate of drug-likeness (QED) is 0.210. The SMILES string of the molecule is CCCCOc1cc(I)c(-c2ccccc2)c2cc(C34CC5CC(CC(C5)C3)C4)c(OC)cc12. The molecule has 4 aliphatic rings. The number of hydrogen-bond acceptors (Lipinski definition) is 2. The Morgan fingerprint density at radius 1 is 0.882 bits per heavy atom. The molecule has 0 atom stereocenters. The lowest BCUT2D eigenvalue weighted by molar-refractivity contribution is -0.00609. The monoisotopic (exact) mass is 566 g/mol. The Bertz CT molecular complexity index is 1160. The van der Waals surface area contributed by atoms with E-state index in [-0.39, 0.29) is 5.41 Å². The van der Waals surface area contributed by atoms with Crippen LogP contribution in [0.25, 0.3) is 21.9 Å². The second-order valence-electron chi connectivity index (χ2n) is 11.1. The molecule has 0 aromatic heterocycles. The van der Waals surface area contributed by atoms with Gasteiger partial charge in [0.05, 0.1) is 13.7 Å². The number of benzene rings is 3. The van der Waals surface area contributed by atoms with Crippen molar-refractivity contribution < 1.29 is 9.47 Å². The van der Waals surface area contributed by atoms with Crippen LogP contribution in [-0.4, -0.2) is 13.7 Å². The highest BCUT2D eigenvalue weighted by molar-refractivity contribution is 14.1. The van der Waals surface area contributed by atoms with Crippen molar-refractivity contribution in [3.05, 3.63) is 57.7 Å². The summed E-state index contributed by atoms with van der Waals surface area (Å²) in [7, 11) is 1.85. The van der Waals surface area contributed by atoms with Gasteiger partial charge in [0.1, 0.15) is 11.5 Å². The lowest BCUT2D eigenvalue weighted by Gasteiger charge is -2.57. The van der Waals surface area contributed by atoms with Gasteiger partial charge in [0.25, 0.3) is 0 Å². The van der Waals surface area contributed by atoms with Crippen molar-refractivity contribution in [2.75, 3.05) is 13.7 Å². The molecular formula is C31H35IO2. The molecule has 4 saturated carbocycles. The summed E-state index contributed by atoms with van der Waals surface area (Å²) in [4.78, 5) is 0. The maximum Gasteiger partial charge on any atom is 0.128 e. The summed E-state index contributed by atoms with van der Waals surface area (Å²) >= 11 is 2.51. The van der Waals surface area contributed by atoms with Gasteiger partial charge in [-0.25, -0.2) is 0 Å². The number of fused-ring (bicyclic) bond motifs is 1. The molecule has 0 unspecified atom stereocenters. The second kappa shape index (κ2) is 9.04. The van der Waals surface area contributed by atoms with Crippen LogP contribution in [0.1, 0.15) is 63.9 Å². The Kier molecular flexibility index (Phi) is 6.03. The zero-order valence-corrected chi connectivity index (χ0v) is 22.6. The second-order valence-corrected chi connectivity index (χ2v) is 12.3. The fraction of sp³-hybridized carbons (Fsp3) is 0.484. The van der Waals surface area contributed by atoms with Crippen LogP contribution >= 0.6 is 22.6 Å². The number of unbranched alkanes of at least 4 members (excludes halogenated alkanes) is 1. The van der Waals surface area contributed by atoms with Crippen LogP contribution in [0.4, 0.5) is 0 Å². The fourth-order valence-corrected chi connectivity index (χ4v) is 8.64. The molecule has 0 aliphatic heterocycles. The standard InChI is InChI=1S/C31H35IO2/c1-3-4-10-34-28-16-27(32)30(23-8-6-5-7-9-23)25-14-26(29(33-2)15-24(25)28)31-17-20-11-21(18-31)13-22(12-20)19-31/h5-9,14-16,20-22H,3-4,10-13,17-19H2,1-2H3. The van der Waals surface area contributed by atoms with Gasteiger partial charge in [0.15, 0.2) is 0 Å². The third kappa shape index (κ3) is 3.83. The number of rotatable bonds is 7. The van der Waals surface area contributed by atoms with E-state index in [2.05, 4.69) is 78.0 Å². The minimum Gasteiger partial charge on any atom is -0.496 e. The predicted octanol–water partition coefficient (Wildman–Crippen LogP) is 8.77. The largest absolute Gasteiger partial charge is 0.496 e. The minimum atomic E-state index is 0.284. The highest BCUT2D eigenvalue weighted by Gasteiger charge is 2.52. The molecule has 3 aromatic carbocycles. The van der Waals surface area contributed by atoms with E-state index in [0.717, 1.165) is 48.7 Å². The zero-order chi connectivity index (χ0) is 23.3. The van der Waals surface area contributed by atoms with E-state index in [1.54, 1.807) is 0 Å². The Morgan fingerprint density at radius 2 is 1.56 bits per heavy atom. The van der Waals surface area contributed by atoms with E-state index >= 15 is 0 Å². The smallest absolute Gasteiger partial charge is 0.128 e. The Hall–Kier alpha value is -1.75. The van der Waals surface area contributed by atoms with Gasteiger partial charge in [0.2, 0.25) is 0 Å². The van der Waals surface area contributed by atoms with Gasteiger partial charge in [-0.15, -0.1) is 0 Å². The third-order valence-electron chi connectivity index (χ3n) is 8.80. The molecule has 0 amide bonds. The zero-order valence-electron chi connectivity index (χ0n) is 20.4. The minimum absolute atomic E-state index is 0.284. The van der Waals surface area contributed by atoms with Crippen molar-refractivity contribution >= 4 is 33.4 Å². The molecule has 2 nitrogen and oxygen atoms in total. The Balaban J connectivity index is 1.57. The van der Waals surface area contributed by atoms with Crippen molar-refractivity contribution in [1.29, 1.82) is 0 Å². The average molecular weight is 567 g/mol. The van der Waals surface area contributed by atoms with Crippen LogP contribution in [-0.2, 0) is 5.41 Å². The summed E-state index contributed by atoms with van der Waals surface area (Å²) in [5.41, 5.74) is 4.35. The van der Waals surface area contributed by atoms with Crippen molar-refractivity contribution in [3.63, 3.8) is 0 Å². The van der Waals surface area contributed by atoms with Gasteiger partial charge in [-0.1, -0.05) is 43.7 Å². The molecule has 178 valence electrons. The number of hydrogen-bond donors (Lipinski definition) is 0. The molecule has 0 radical (unpaired) electrons. The number of halogens is 1. The molecule has 3 aromatic rings. The first-order valence-electron chi connectivity index (χ1n) is 13.1. The first-order chi connectivity index (χ1) is 16.6. The summed E-state index contributed by atoms with van der Waals surface area (Å²) in [6, 6.07) is 17.9. The predicted molar refractivity (Wildman–Crippen MR) is 149 cm³/mol. The molecule has 0 saturated heterocycles. The normalized spacial score (nSPS) is 27.3. The molecule has 4 bridgehead atoms. The van der Waals surface area contributed by atoms with Crippen molar-refractivity contribution in [3.8, 4) is 22.6 Å². The molecule has 4 aliphatic carbocycles. The van der Waals surface area contributed by atoms with E-state index in [1.165, 1.54) is 69.6 Å². The highest BCUT2D eigenvalue weighted by Crippen LogP contribution is 2.62. The van der Waals surface area contributed by atoms with E-state index in [9.17, 15) is 0 Å². The lowest BCUT2D eigenvalue weighted by Crippen LogP contribution is -2.48. The molecule has 7 rings (SSSR count). The van der Waals surface area contributed by atoms with Crippen LogP contribution < -0.4 is 9.47 Å². The van der Waals surface area contributed by atoms with Gasteiger partial charge in [-0.05, 0) is 120 Å². The van der Waals surface area contributed by atoms with Crippen LogP contribution in [0.2, 0.25) is 0 Å². The molecule has 0 N–H and O–H groups in total. The van der Waals surface area contributed by atoms with E-state index in [0.29, 0.717) is 0 Å². The van der Waals surface area contributed by atoms with Gasteiger partial charge in [-0.2, -0.15) is 0 Å². The first-order valence-corrected chi connectivity index (χ1v) is 14.2. The van der Waals surface area contributed by atoms with Gasteiger partial charge < -0.3 is 9.47 Å². The van der Waals surface area contributed by atoms with Crippen molar-refractivity contribution in [2.24, 2.45) is 17.8 Å². The topological polar surface area (TPSA) is 18.5 Å². The molecule has 3 heteroatoms. The van der Waals surface area contributed by atoms with Crippen molar-refractivity contribution in [1.82, 2.24) is 0 Å². The summed E-state index contributed by atoms with van der Waals surface area (Å²) in [5, 5.41) is 2.50. The van der Waals surface area contributed by atoms with Gasteiger partial charge in [-0.3, -0.25) is 0 Å². The maximum absolute atomic E-state index is 6.36. The van der Waals surface area contributed by atoms with Crippen LogP contribution in [0.3, 0.4) is 0 Å². The average Bonchev–Trinajstić information content (AvgIpc) is 2.83. The van der Waals surface area contributed by atoms with Crippen molar-refractivity contribution in [2.45, 2.75) is 63.7 Å². The molecule has 0 heterocycles. The number of ether oxygens (including phenoxy) is 2. The Morgan fingerprint density at radius 3 is 2.18 bits per heavy atom. The summed E-state index contributed by atoms with van der Waals surface area (Å²) in [6.45, 7) is 2.97. The highest BCUT2D eigenvalue weighted by atomic mass is 127. The fourth-order valence-electron chi connectivity index (χ4n) is 7.75. The molecular weight excluding hydrogens is 531 g/mol. The van der Waals surface area contributed by atoms with Crippen LogP contribution in [0.5, 0.6) is 11.5 Å². The van der Waals surface area contributed by atoms with Crippen LogP contribution in [0.15, 0.2) is 48.5 Å². The summed E-state index contributed by atoms with van der Waals surface area (Å²) in [6.07, 6.45) is 10.6. The van der Waals surface area contributed by atoms with Gasteiger partial charge >= 0.3 is 0 Å². The maximum atomic E-state index is 6.36. The third-order valence-corrected chi connectivity index (χ3v) is 9.65. The molecule has 4 fully saturated rings. The summed E-state index contributed by atoms with van der Waals surface area (Å²) in [5.74, 6) is 4.77. The number of methoxy groups -OCH3 is 1. The van der Waals surface area contributed by atoms with E-state index < -0.39 is 0 Å². The van der Waals surface area contributed by atoms with E-state index in [4.69, 9.17) is 9.47 Å². The molecule has 0 spiro atoms. The molecule has 34 heavy (non-hydrogen) atoms. The summed E-state index contributed by atoms with van der Waals surface area (Å²) < 4.78 is 13.8. The first kappa shape index (κ1) is 22.7. The van der Waals surface area contributed by atoms with E-state index in [1.807, 2.05) is 7.11 Å². The van der Waals surface area contributed by atoms with Crippen LogP contribution in [0, 0.1) is 21.3 Å². The Labute approximate surface area is 217 Å². The van der Waals surface area contributed by atoms with Gasteiger partial charge in [0, 0.05) is 20.1 Å².